The zero-order valence-corrected chi connectivity index (χ0v) is 15.7. The molecule has 0 radical (unpaired) electrons. The van der Waals surface area contributed by atoms with Gasteiger partial charge in [-0.15, -0.1) is 6.58 Å². The normalized spacial score (nSPS) is 20.9. The summed E-state index contributed by atoms with van der Waals surface area (Å²) in [6.45, 7) is 5.94. The van der Waals surface area contributed by atoms with E-state index in [1.807, 2.05) is 0 Å². The van der Waals surface area contributed by atoms with Gasteiger partial charge in [-0.2, -0.15) is 4.31 Å². The van der Waals surface area contributed by atoms with Crippen LogP contribution in [0.1, 0.15) is 32.6 Å². The Morgan fingerprint density at radius 3 is 2.52 bits per heavy atom. The molecule has 2 unspecified atom stereocenters. The summed E-state index contributed by atoms with van der Waals surface area (Å²) in [5.74, 6) is 0.479. The highest BCUT2D eigenvalue weighted by Crippen LogP contribution is 2.24. The second kappa shape index (κ2) is 8.49. The Hall–Kier alpha value is -1.86. The highest BCUT2D eigenvalue weighted by molar-refractivity contribution is 7.89. The number of sulfonamides is 1. The largest absolute Gasteiger partial charge is 0.335 e. The highest BCUT2D eigenvalue weighted by Gasteiger charge is 2.23. The molecule has 6 nitrogen and oxygen atoms in total. The minimum atomic E-state index is -3.54. The van der Waals surface area contributed by atoms with Crippen LogP contribution < -0.4 is 10.6 Å². The Morgan fingerprint density at radius 1 is 1.28 bits per heavy atom. The van der Waals surface area contributed by atoms with Gasteiger partial charge >= 0.3 is 6.03 Å². The lowest BCUT2D eigenvalue weighted by Gasteiger charge is -2.29. The molecule has 0 saturated heterocycles. The summed E-state index contributed by atoms with van der Waals surface area (Å²) in [6, 6.07) is 6.12. The van der Waals surface area contributed by atoms with E-state index in [-0.39, 0.29) is 23.5 Å². The van der Waals surface area contributed by atoms with Crippen molar-refractivity contribution < 1.29 is 13.2 Å². The molecular formula is C18H27N3O3S. The van der Waals surface area contributed by atoms with Crippen molar-refractivity contribution in [2.45, 2.75) is 43.5 Å². The van der Waals surface area contributed by atoms with Gasteiger partial charge in [0.05, 0.1) is 4.90 Å². The van der Waals surface area contributed by atoms with Crippen molar-refractivity contribution in [3.8, 4) is 0 Å². The minimum Gasteiger partial charge on any atom is -0.335 e. The highest BCUT2D eigenvalue weighted by atomic mass is 32.2. The van der Waals surface area contributed by atoms with Crippen LogP contribution in [0.25, 0.3) is 0 Å². The molecule has 1 aliphatic rings. The summed E-state index contributed by atoms with van der Waals surface area (Å²) in [5.41, 5.74) is 0.561. The number of carbonyl (C=O) groups is 1. The summed E-state index contributed by atoms with van der Waals surface area (Å²) in [6.07, 6.45) is 6.03. The molecule has 2 N–H and O–H groups in total. The molecule has 0 aliphatic heterocycles. The van der Waals surface area contributed by atoms with Crippen molar-refractivity contribution in [2.24, 2.45) is 5.92 Å². The van der Waals surface area contributed by atoms with E-state index >= 15 is 0 Å². The number of nitrogens with one attached hydrogen (secondary N) is 2. The second-order valence-corrected chi connectivity index (χ2v) is 8.61. The van der Waals surface area contributed by atoms with Gasteiger partial charge in [0.25, 0.3) is 0 Å². The summed E-state index contributed by atoms with van der Waals surface area (Å²) in [7, 11) is -2.04. The van der Waals surface area contributed by atoms with Gasteiger partial charge in [0.2, 0.25) is 10.0 Å². The van der Waals surface area contributed by atoms with Gasteiger partial charge in [0.1, 0.15) is 0 Å². The van der Waals surface area contributed by atoms with Crippen LogP contribution in [-0.4, -0.2) is 38.4 Å². The first-order chi connectivity index (χ1) is 11.8. The summed E-state index contributed by atoms with van der Waals surface area (Å²) >= 11 is 0. The second-order valence-electron chi connectivity index (χ2n) is 6.57. The molecule has 0 heterocycles. The fraction of sp³-hybridized carbons (Fsp3) is 0.500. The number of urea groups is 1. The standard InChI is InChI=1S/C18H27N3O3S/c1-4-13-21(3)25(23,24)16-11-9-15(10-12-16)19-18(22)20-17-8-6-5-7-14(17)2/h4,9-12,14,17H,1,5-8,13H2,2-3H3,(H2,19,20,22). The van der Waals surface area contributed by atoms with Gasteiger partial charge < -0.3 is 10.6 Å². The van der Waals surface area contributed by atoms with Gasteiger partial charge in [-0.1, -0.05) is 25.8 Å². The Bertz CT molecular complexity index is 701. The van der Waals surface area contributed by atoms with Crippen molar-refractivity contribution in [3.05, 3.63) is 36.9 Å². The van der Waals surface area contributed by atoms with E-state index in [9.17, 15) is 13.2 Å². The van der Waals surface area contributed by atoms with Crippen molar-refractivity contribution in [1.82, 2.24) is 9.62 Å². The zero-order valence-electron chi connectivity index (χ0n) is 14.9. The zero-order chi connectivity index (χ0) is 18.4. The van der Waals surface area contributed by atoms with E-state index in [0.717, 1.165) is 19.3 Å². The van der Waals surface area contributed by atoms with Crippen LogP contribution in [0, 0.1) is 5.92 Å². The van der Waals surface area contributed by atoms with Crippen molar-refractivity contribution >= 4 is 21.7 Å². The molecular weight excluding hydrogens is 338 g/mol. The van der Waals surface area contributed by atoms with E-state index in [2.05, 4.69) is 24.1 Å². The molecule has 2 amide bonds. The van der Waals surface area contributed by atoms with Gasteiger partial charge in [0, 0.05) is 25.3 Å². The number of carbonyl (C=O) groups excluding carboxylic acids is 1. The SMILES string of the molecule is C=CCN(C)S(=O)(=O)c1ccc(NC(=O)NC2CCCCC2C)cc1. The van der Waals surface area contributed by atoms with Crippen LogP contribution in [0.3, 0.4) is 0 Å². The summed E-state index contributed by atoms with van der Waals surface area (Å²) in [4.78, 5) is 12.3. The number of likely N-dealkylation sites (N-methyl/N-ethyl adjacent to an activating group) is 1. The Balaban J connectivity index is 1.98. The molecule has 1 aromatic rings. The van der Waals surface area contributed by atoms with Crippen molar-refractivity contribution in [2.75, 3.05) is 18.9 Å². The first kappa shape index (κ1) is 19.5. The predicted octanol–water partition coefficient (Wildman–Crippen LogP) is 3.19. The monoisotopic (exact) mass is 365 g/mol. The third kappa shape index (κ3) is 5.06. The summed E-state index contributed by atoms with van der Waals surface area (Å²) < 4.78 is 25.9. The fourth-order valence-electron chi connectivity index (χ4n) is 3.04. The molecule has 0 spiro atoms. The number of hydrogen-bond donors (Lipinski definition) is 2. The average Bonchev–Trinajstić information content (AvgIpc) is 2.57. The third-order valence-corrected chi connectivity index (χ3v) is 6.47. The average molecular weight is 365 g/mol. The van der Waals surface area contributed by atoms with Crippen LogP contribution in [0.2, 0.25) is 0 Å². The van der Waals surface area contributed by atoms with Gasteiger partial charge in [-0.05, 0) is 43.0 Å². The van der Waals surface area contributed by atoms with Gasteiger partial charge in [-0.3, -0.25) is 0 Å². The van der Waals surface area contributed by atoms with E-state index < -0.39 is 10.0 Å². The van der Waals surface area contributed by atoms with Crippen molar-refractivity contribution in [1.29, 1.82) is 0 Å². The van der Waals surface area contributed by atoms with Crippen LogP contribution in [0.4, 0.5) is 10.5 Å². The molecule has 138 valence electrons. The molecule has 2 rings (SSSR count). The van der Waals surface area contributed by atoms with Gasteiger partial charge in [0.15, 0.2) is 0 Å². The maximum atomic E-state index is 12.3. The number of amides is 2. The molecule has 1 aliphatic carbocycles. The maximum Gasteiger partial charge on any atom is 0.319 e. The molecule has 25 heavy (non-hydrogen) atoms. The smallest absolute Gasteiger partial charge is 0.319 e. The lowest BCUT2D eigenvalue weighted by Crippen LogP contribution is -2.43. The van der Waals surface area contributed by atoms with E-state index in [1.54, 1.807) is 12.1 Å². The van der Waals surface area contributed by atoms with Crippen molar-refractivity contribution in [3.63, 3.8) is 0 Å². The van der Waals surface area contributed by atoms with Crippen LogP contribution >= 0.6 is 0 Å². The Morgan fingerprint density at radius 2 is 1.92 bits per heavy atom. The molecule has 2 atom stereocenters. The maximum absolute atomic E-state index is 12.3. The molecule has 7 heteroatoms. The topological polar surface area (TPSA) is 78.5 Å². The predicted molar refractivity (Wildman–Crippen MR) is 100 cm³/mol. The number of anilines is 1. The molecule has 0 bridgehead atoms. The number of nitrogens with zero attached hydrogens (tertiary/aromatic N) is 1. The number of hydrogen-bond acceptors (Lipinski definition) is 3. The molecule has 1 aromatic carbocycles. The van der Waals surface area contributed by atoms with Crippen LogP contribution in [0.15, 0.2) is 41.8 Å². The summed E-state index contributed by atoms with van der Waals surface area (Å²) in [5, 5.41) is 5.78. The Labute approximate surface area is 150 Å². The van der Waals surface area contributed by atoms with E-state index in [0.29, 0.717) is 11.6 Å². The van der Waals surface area contributed by atoms with Gasteiger partial charge in [-0.25, -0.2) is 13.2 Å². The quantitative estimate of drug-likeness (QED) is 0.760. The first-order valence-electron chi connectivity index (χ1n) is 8.59. The Kier molecular flexibility index (Phi) is 6.61. The fourth-order valence-corrected chi connectivity index (χ4v) is 4.18. The lowest BCUT2D eigenvalue weighted by atomic mass is 9.86. The molecule has 1 fully saturated rings. The molecule has 1 saturated carbocycles. The first-order valence-corrected chi connectivity index (χ1v) is 10.0. The van der Waals surface area contributed by atoms with Crippen LogP contribution in [-0.2, 0) is 10.0 Å². The minimum absolute atomic E-state index is 0.184. The third-order valence-electron chi connectivity index (χ3n) is 4.63. The number of rotatable bonds is 6. The van der Waals surface area contributed by atoms with Crippen LogP contribution in [0.5, 0.6) is 0 Å². The van der Waals surface area contributed by atoms with E-state index in [1.165, 1.54) is 36.0 Å². The molecule has 0 aromatic heterocycles. The van der Waals surface area contributed by atoms with E-state index in [4.69, 9.17) is 0 Å². The lowest BCUT2D eigenvalue weighted by molar-refractivity contribution is 0.232. The number of benzene rings is 1.